The van der Waals surface area contributed by atoms with Crippen molar-refractivity contribution in [3.05, 3.63) is 90.0 Å². The number of hydrogen-bond donors (Lipinski definition) is 1. The lowest BCUT2D eigenvalue weighted by Crippen LogP contribution is -2.26. The van der Waals surface area contributed by atoms with Gasteiger partial charge in [0.1, 0.15) is 5.75 Å². The van der Waals surface area contributed by atoms with Crippen LogP contribution in [0.1, 0.15) is 22.0 Å². The first kappa shape index (κ1) is 20.9. The highest BCUT2D eigenvalue weighted by molar-refractivity contribution is 5.98. The van der Waals surface area contributed by atoms with E-state index in [4.69, 9.17) is 9.47 Å². The molecule has 0 bridgehead atoms. The molecule has 0 spiro atoms. The summed E-state index contributed by atoms with van der Waals surface area (Å²) in [5, 5.41) is 2.79. The maximum atomic E-state index is 13.0. The molecule has 3 aromatic rings. The monoisotopic (exact) mass is 404 g/mol. The minimum atomic E-state index is -1.10. The molecule has 3 aromatic carbocycles. The summed E-state index contributed by atoms with van der Waals surface area (Å²) in [5.41, 5.74) is 2.46. The number of carbonyl (C=O) groups excluding carboxylic acids is 2. The van der Waals surface area contributed by atoms with Crippen molar-refractivity contribution in [2.75, 3.05) is 31.4 Å². The Labute approximate surface area is 176 Å². The van der Waals surface area contributed by atoms with Gasteiger partial charge >= 0.3 is 5.97 Å². The summed E-state index contributed by atoms with van der Waals surface area (Å²) in [6.07, 6.45) is -1.10. The molecule has 0 aliphatic rings. The smallest absolute Gasteiger partial charge is 0.339 e. The first-order chi connectivity index (χ1) is 14.5. The topological polar surface area (TPSA) is 67.9 Å². The van der Waals surface area contributed by atoms with Crippen LogP contribution in [-0.2, 0) is 9.53 Å². The van der Waals surface area contributed by atoms with Gasteiger partial charge in [0.05, 0.1) is 12.7 Å². The summed E-state index contributed by atoms with van der Waals surface area (Å²) in [6, 6.07) is 22.9. The van der Waals surface area contributed by atoms with Gasteiger partial charge in [0.2, 0.25) is 6.10 Å². The predicted molar refractivity (Wildman–Crippen MR) is 117 cm³/mol. The molecule has 6 heteroatoms. The highest BCUT2D eigenvalue weighted by Gasteiger charge is 2.26. The minimum Gasteiger partial charge on any atom is -0.497 e. The second-order valence-electron chi connectivity index (χ2n) is 6.86. The SMILES string of the molecule is COc1cccc(NC(=O)[C@@H](OC(=O)c2ccc(N(C)C)cc2)c2ccccc2)c1. The van der Waals surface area contributed by atoms with Crippen LogP contribution in [0.25, 0.3) is 0 Å². The van der Waals surface area contributed by atoms with Gasteiger partial charge in [-0.15, -0.1) is 0 Å². The summed E-state index contributed by atoms with van der Waals surface area (Å²) >= 11 is 0. The van der Waals surface area contributed by atoms with Crippen LogP contribution < -0.4 is 15.0 Å². The molecule has 6 nitrogen and oxygen atoms in total. The van der Waals surface area contributed by atoms with Crippen LogP contribution in [0.15, 0.2) is 78.9 Å². The summed E-state index contributed by atoms with van der Waals surface area (Å²) in [7, 11) is 5.39. The number of carbonyl (C=O) groups is 2. The van der Waals surface area contributed by atoms with Crippen LogP contribution in [0, 0.1) is 0 Å². The fourth-order valence-electron chi connectivity index (χ4n) is 2.88. The summed E-state index contributed by atoms with van der Waals surface area (Å²) in [4.78, 5) is 27.7. The van der Waals surface area contributed by atoms with E-state index in [1.807, 2.05) is 37.2 Å². The van der Waals surface area contributed by atoms with Gasteiger partial charge in [0, 0.05) is 37.1 Å². The van der Waals surface area contributed by atoms with Crippen LogP contribution in [0.4, 0.5) is 11.4 Å². The molecule has 0 aromatic heterocycles. The molecule has 1 N–H and O–H groups in total. The van der Waals surface area contributed by atoms with E-state index in [0.29, 0.717) is 22.6 Å². The largest absolute Gasteiger partial charge is 0.497 e. The standard InChI is InChI=1S/C24H24N2O4/c1-26(2)20-14-12-18(13-15-20)24(28)30-22(17-8-5-4-6-9-17)23(27)25-19-10-7-11-21(16-19)29-3/h4-16,22H,1-3H3,(H,25,27)/t22-/m0/s1. The van der Waals surface area contributed by atoms with Gasteiger partial charge in [-0.2, -0.15) is 0 Å². The first-order valence-electron chi connectivity index (χ1n) is 9.46. The van der Waals surface area contributed by atoms with Crippen molar-refractivity contribution in [1.82, 2.24) is 0 Å². The molecule has 0 saturated heterocycles. The molecule has 0 heterocycles. The van der Waals surface area contributed by atoms with Crippen LogP contribution in [0.3, 0.4) is 0 Å². The van der Waals surface area contributed by atoms with Gasteiger partial charge in [0.25, 0.3) is 5.91 Å². The molecule has 0 aliphatic heterocycles. The van der Waals surface area contributed by atoms with Crippen LogP contribution in [-0.4, -0.2) is 33.1 Å². The second kappa shape index (κ2) is 9.60. The number of rotatable bonds is 7. The molecule has 30 heavy (non-hydrogen) atoms. The third kappa shape index (κ3) is 5.17. The van der Waals surface area contributed by atoms with Crippen molar-refractivity contribution in [3.63, 3.8) is 0 Å². The number of nitrogens with one attached hydrogen (secondary N) is 1. The Morgan fingerprint density at radius 3 is 2.23 bits per heavy atom. The van der Waals surface area contributed by atoms with E-state index in [2.05, 4.69) is 5.32 Å². The zero-order chi connectivity index (χ0) is 21.5. The minimum absolute atomic E-state index is 0.371. The average molecular weight is 404 g/mol. The second-order valence-corrected chi connectivity index (χ2v) is 6.86. The Balaban J connectivity index is 1.81. The Morgan fingerprint density at radius 1 is 0.900 bits per heavy atom. The Kier molecular flexibility index (Phi) is 6.70. The maximum absolute atomic E-state index is 13.0. The molecular formula is C24H24N2O4. The van der Waals surface area contributed by atoms with Gasteiger partial charge in [-0.05, 0) is 36.4 Å². The lowest BCUT2D eigenvalue weighted by molar-refractivity contribution is -0.125. The van der Waals surface area contributed by atoms with E-state index in [-0.39, 0.29) is 0 Å². The van der Waals surface area contributed by atoms with Crippen LogP contribution in [0.2, 0.25) is 0 Å². The third-order valence-electron chi connectivity index (χ3n) is 4.52. The lowest BCUT2D eigenvalue weighted by Gasteiger charge is -2.19. The van der Waals surface area contributed by atoms with Gasteiger partial charge in [-0.3, -0.25) is 4.79 Å². The van der Waals surface area contributed by atoms with Crippen LogP contribution in [0.5, 0.6) is 5.75 Å². The number of hydrogen-bond acceptors (Lipinski definition) is 5. The van der Waals surface area contributed by atoms with Crippen molar-refractivity contribution in [2.45, 2.75) is 6.10 Å². The summed E-state index contributed by atoms with van der Waals surface area (Å²) in [5.74, 6) is -0.412. The first-order valence-corrected chi connectivity index (χ1v) is 9.46. The number of esters is 1. The third-order valence-corrected chi connectivity index (χ3v) is 4.52. The molecule has 0 saturated carbocycles. The maximum Gasteiger partial charge on any atom is 0.339 e. The number of benzene rings is 3. The lowest BCUT2D eigenvalue weighted by atomic mass is 10.1. The Hall–Kier alpha value is -3.80. The van der Waals surface area contributed by atoms with E-state index in [1.165, 1.54) is 0 Å². The molecular weight excluding hydrogens is 380 g/mol. The summed E-state index contributed by atoms with van der Waals surface area (Å²) < 4.78 is 10.8. The molecule has 0 unspecified atom stereocenters. The predicted octanol–water partition coefficient (Wildman–Crippen LogP) is 4.30. The fraction of sp³-hybridized carbons (Fsp3) is 0.167. The number of anilines is 2. The molecule has 0 radical (unpaired) electrons. The van der Waals surface area contributed by atoms with Gasteiger partial charge < -0.3 is 19.7 Å². The zero-order valence-corrected chi connectivity index (χ0v) is 17.2. The quantitative estimate of drug-likeness (QED) is 0.595. The average Bonchev–Trinajstić information content (AvgIpc) is 2.78. The van der Waals surface area contributed by atoms with Gasteiger partial charge in [0.15, 0.2) is 0 Å². The van der Waals surface area contributed by atoms with Gasteiger partial charge in [-0.1, -0.05) is 36.4 Å². The van der Waals surface area contributed by atoms with Crippen molar-refractivity contribution in [1.29, 1.82) is 0 Å². The van der Waals surface area contributed by atoms with Crippen LogP contribution >= 0.6 is 0 Å². The van der Waals surface area contributed by atoms with Crippen molar-refractivity contribution < 1.29 is 19.1 Å². The normalized spacial score (nSPS) is 11.3. The molecule has 0 aliphatic carbocycles. The van der Waals surface area contributed by atoms with Crippen molar-refractivity contribution >= 4 is 23.3 Å². The fourth-order valence-corrected chi connectivity index (χ4v) is 2.88. The van der Waals surface area contributed by atoms with E-state index in [9.17, 15) is 9.59 Å². The highest BCUT2D eigenvalue weighted by atomic mass is 16.5. The number of nitrogens with zero attached hydrogens (tertiary/aromatic N) is 1. The summed E-state index contributed by atoms with van der Waals surface area (Å²) in [6.45, 7) is 0. The van der Waals surface area contributed by atoms with E-state index >= 15 is 0 Å². The Morgan fingerprint density at radius 2 is 1.60 bits per heavy atom. The van der Waals surface area contributed by atoms with E-state index < -0.39 is 18.0 Å². The highest BCUT2D eigenvalue weighted by Crippen LogP contribution is 2.24. The number of ether oxygens (including phenoxy) is 2. The zero-order valence-electron chi connectivity index (χ0n) is 17.2. The number of methoxy groups -OCH3 is 1. The molecule has 154 valence electrons. The molecule has 1 amide bonds. The van der Waals surface area contributed by atoms with E-state index in [0.717, 1.165) is 5.69 Å². The molecule has 3 rings (SSSR count). The van der Waals surface area contributed by atoms with Crippen molar-refractivity contribution in [2.24, 2.45) is 0 Å². The van der Waals surface area contributed by atoms with Crippen molar-refractivity contribution in [3.8, 4) is 5.75 Å². The molecule has 1 atom stereocenters. The molecule has 0 fully saturated rings. The van der Waals surface area contributed by atoms with Gasteiger partial charge in [-0.25, -0.2) is 4.79 Å². The number of amides is 1. The van der Waals surface area contributed by atoms with E-state index in [1.54, 1.807) is 67.8 Å². The Bertz CT molecular complexity index is 1000.